The lowest BCUT2D eigenvalue weighted by Gasteiger charge is -2.23. The maximum absolute atomic E-state index is 9.83. The normalized spacial score (nSPS) is 10.2. The summed E-state index contributed by atoms with van der Waals surface area (Å²) in [5.41, 5.74) is 1.40. The van der Waals surface area contributed by atoms with Gasteiger partial charge in [-0.2, -0.15) is 0 Å². The van der Waals surface area contributed by atoms with Crippen molar-refractivity contribution in [2.75, 3.05) is 21.1 Å². The lowest BCUT2D eigenvalue weighted by molar-refractivity contribution is -0.884. The molecular weight excluding hydrogens is 230 g/mol. The van der Waals surface area contributed by atoms with Crippen molar-refractivity contribution in [2.45, 2.75) is 19.9 Å². The van der Waals surface area contributed by atoms with E-state index in [1.165, 1.54) is 12.5 Å². The van der Waals surface area contributed by atoms with Crippen LogP contribution in [0.25, 0.3) is 0 Å². The van der Waals surface area contributed by atoms with Crippen molar-refractivity contribution >= 4 is 11.8 Å². The number of ketones is 1. The van der Waals surface area contributed by atoms with E-state index >= 15 is 0 Å². The van der Waals surface area contributed by atoms with Crippen molar-refractivity contribution in [3.05, 3.63) is 35.9 Å². The second kappa shape index (κ2) is 7.61. The number of Topliss-reactive ketones (excluding diaryl/α,β-unsaturated/α-hetero) is 1. The largest absolute Gasteiger partial charge is 0.550 e. The Balaban J connectivity index is 0.000000360. The highest BCUT2D eigenvalue weighted by molar-refractivity contribution is 5.92. The molecule has 0 aliphatic carbocycles. The second-order valence-electron chi connectivity index (χ2n) is 5.18. The van der Waals surface area contributed by atoms with E-state index in [2.05, 4.69) is 51.5 Å². The molecule has 0 saturated carbocycles. The molecule has 4 nitrogen and oxygen atoms in total. The average Bonchev–Trinajstić information content (AvgIpc) is 2.14. The van der Waals surface area contributed by atoms with E-state index in [-0.39, 0.29) is 5.78 Å². The van der Waals surface area contributed by atoms with Gasteiger partial charge in [0.05, 0.1) is 21.1 Å². The van der Waals surface area contributed by atoms with Crippen molar-refractivity contribution in [3.8, 4) is 0 Å². The van der Waals surface area contributed by atoms with E-state index in [0.717, 1.165) is 11.0 Å². The molecule has 0 heterocycles. The molecule has 0 N–H and O–H groups in total. The molecule has 0 spiro atoms. The number of quaternary nitrogens is 1. The Morgan fingerprint density at radius 3 is 1.89 bits per heavy atom. The average molecular weight is 251 g/mol. The first kappa shape index (κ1) is 16.3. The number of carbonyl (C=O) groups excluding carboxylic acids is 2. The van der Waals surface area contributed by atoms with Crippen LogP contribution in [0.2, 0.25) is 0 Å². The van der Waals surface area contributed by atoms with Crippen LogP contribution in [-0.2, 0) is 16.1 Å². The first-order valence-electron chi connectivity index (χ1n) is 5.74. The van der Waals surface area contributed by atoms with Crippen LogP contribution in [0.4, 0.5) is 0 Å². The zero-order valence-electron chi connectivity index (χ0n) is 11.5. The summed E-state index contributed by atoms with van der Waals surface area (Å²) in [5.74, 6) is -1.69. The Morgan fingerprint density at radius 1 is 1.11 bits per heavy atom. The summed E-state index contributed by atoms with van der Waals surface area (Å²) in [6, 6.07) is 10.6. The van der Waals surface area contributed by atoms with Gasteiger partial charge in [0.1, 0.15) is 12.3 Å². The van der Waals surface area contributed by atoms with E-state index < -0.39 is 12.4 Å². The molecule has 0 bridgehead atoms. The van der Waals surface area contributed by atoms with Crippen LogP contribution in [0, 0.1) is 0 Å². The van der Waals surface area contributed by atoms with Crippen LogP contribution in [0.15, 0.2) is 30.3 Å². The summed E-state index contributed by atoms with van der Waals surface area (Å²) in [4.78, 5) is 19.3. The maximum atomic E-state index is 9.83. The molecule has 0 aliphatic heterocycles. The summed E-state index contributed by atoms with van der Waals surface area (Å²) in [6.45, 7) is 2.30. The smallest absolute Gasteiger partial charge is 0.135 e. The number of nitrogens with zero attached hydrogens (tertiary/aromatic N) is 1. The number of carboxylic acid groups (broad SMARTS) is 1. The number of aliphatic carboxylic acids is 1. The molecule has 1 aromatic carbocycles. The Morgan fingerprint density at radius 2 is 1.61 bits per heavy atom. The van der Waals surface area contributed by atoms with Crippen molar-refractivity contribution in [2.24, 2.45) is 0 Å². The van der Waals surface area contributed by atoms with Crippen molar-refractivity contribution < 1.29 is 19.2 Å². The Hall–Kier alpha value is -1.68. The highest BCUT2D eigenvalue weighted by Gasteiger charge is 2.06. The van der Waals surface area contributed by atoms with E-state index in [1.54, 1.807) is 0 Å². The summed E-state index contributed by atoms with van der Waals surface area (Å²) < 4.78 is 0.990. The van der Waals surface area contributed by atoms with Crippen LogP contribution in [-0.4, -0.2) is 37.4 Å². The highest BCUT2D eigenvalue weighted by Crippen LogP contribution is 2.05. The van der Waals surface area contributed by atoms with Gasteiger partial charge in [-0.15, -0.1) is 0 Å². The minimum Gasteiger partial charge on any atom is -0.550 e. The number of benzene rings is 1. The van der Waals surface area contributed by atoms with Gasteiger partial charge in [-0.3, -0.25) is 4.79 Å². The predicted octanol–water partition coefficient (Wildman–Crippen LogP) is 0.608. The third-order valence-corrected chi connectivity index (χ3v) is 1.89. The van der Waals surface area contributed by atoms with Gasteiger partial charge in [0.25, 0.3) is 0 Å². The fourth-order valence-electron chi connectivity index (χ4n) is 1.33. The van der Waals surface area contributed by atoms with E-state index in [4.69, 9.17) is 0 Å². The number of hydrogen-bond donors (Lipinski definition) is 0. The zero-order chi connectivity index (χ0) is 14.2. The molecule has 1 aromatic rings. The van der Waals surface area contributed by atoms with Gasteiger partial charge in [0.2, 0.25) is 0 Å². The van der Waals surface area contributed by atoms with Gasteiger partial charge in [-0.25, -0.2) is 0 Å². The summed E-state index contributed by atoms with van der Waals surface area (Å²) >= 11 is 0. The fraction of sp³-hybridized carbons (Fsp3) is 0.429. The molecule has 0 amide bonds. The van der Waals surface area contributed by atoms with Gasteiger partial charge >= 0.3 is 0 Å². The van der Waals surface area contributed by atoms with E-state index in [9.17, 15) is 14.7 Å². The van der Waals surface area contributed by atoms with Crippen LogP contribution in [0.3, 0.4) is 0 Å². The molecule has 0 aromatic heterocycles. The van der Waals surface area contributed by atoms with E-state index in [1.807, 2.05) is 0 Å². The molecular formula is C14H21NO3. The number of carbonyl (C=O) groups is 2. The van der Waals surface area contributed by atoms with Crippen LogP contribution in [0.5, 0.6) is 0 Å². The first-order chi connectivity index (χ1) is 8.20. The minimum absolute atomic E-state index is 0.375. The molecule has 0 unspecified atom stereocenters. The van der Waals surface area contributed by atoms with Crippen LogP contribution < -0.4 is 5.11 Å². The second-order valence-corrected chi connectivity index (χ2v) is 5.18. The molecule has 0 radical (unpaired) electrons. The highest BCUT2D eigenvalue weighted by atomic mass is 16.4. The SMILES string of the molecule is CC(=O)CC(=O)[O-].C[N+](C)(C)Cc1ccccc1. The topological polar surface area (TPSA) is 57.2 Å². The molecule has 0 fully saturated rings. The van der Waals surface area contributed by atoms with Crippen molar-refractivity contribution in [1.29, 1.82) is 0 Å². The number of carboxylic acids is 1. The van der Waals surface area contributed by atoms with E-state index in [0.29, 0.717) is 0 Å². The fourth-order valence-corrected chi connectivity index (χ4v) is 1.33. The minimum atomic E-state index is -1.31. The van der Waals surface area contributed by atoms with Crippen molar-refractivity contribution in [1.82, 2.24) is 0 Å². The van der Waals surface area contributed by atoms with Gasteiger partial charge in [0, 0.05) is 18.0 Å². The van der Waals surface area contributed by atoms with Gasteiger partial charge in [-0.05, 0) is 6.92 Å². The molecule has 0 aliphatic rings. The molecule has 1 rings (SSSR count). The lowest BCUT2D eigenvalue weighted by atomic mass is 10.2. The quantitative estimate of drug-likeness (QED) is 0.582. The zero-order valence-corrected chi connectivity index (χ0v) is 11.5. The van der Waals surface area contributed by atoms with Gasteiger partial charge in [0.15, 0.2) is 0 Å². The van der Waals surface area contributed by atoms with Gasteiger partial charge in [-0.1, -0.05) is 30.3 Å². The summed E-state index contributed by atoms with van der Waals surface area (Å²) in [6.07, 6.45) is -0.472. The summed E-state index contributed by atoms with van der Waals surface area (Å²) in [5, 5.41) is 9.48. The van der Waals surface area contributed by atoms with Crippen LogP contribution >= 0.6 is 0 Å². The lowest BCUT2D eigenvalue weighted by Crippen LogP contribution is -2.33. The first-order valence-corrected chi connectivity index (χ1v) is 5.74. The van der Waals surface area contributed by atoms with Crippen LogP contribution in [0.1, 0.15) is 18.9 Å². The molecule has 0 saturated heterocycles. The molecule has 18 heavy (non-hydrogen) atoms. The number of hydrogen-bond acceptors (Lipinski definition) is 3. The monoisotopic (exact) mass is 251 g/mol. The standard InChI is InChI=1S/C10H16N.C4H6O3/c1-11(2,3)9-10-7-5-4-6-8-10;1-3(5)2-4(6)7/h4-8H,9H2,1-3H3;2H2,1H3,(H,6,7)/q+1;/p-1. The maximum Gasteiger partial charge on any atom is 0.135 e. The third-order valence-electron chi connectivity index (χ3n) is 1.89. The Kier molecular flexibility index (Phi) is 6.90. The Bertz CT molecular complexity index is 368. The van der Waals surface area contributed by atoms with Gasteiger partial charge < -0.3 is 14.4 Å². The third kappa shape index (κ3) is 10.8. The molecule has 0 atom stereocenters. The molecule has 4 heteroatoms. The predicted molar refractivity (Wildman–Crippen MR) is 68.5 cm³/mol. The number of rotatable bonds is 4. The summed E-state index contributed by atoms with van der Waals surface area (Å²) in [7, 11) is 6.60. The Labute approximate surface area is 108 Å². The molecule has 100 valence electrons. The van der Waals surface area contributed by atoms with Crippen molar-refractivity contribution in [3.63, 3.8) is 0 Å².